The fourth-order valence-corrected chi connectivity index (χ4v) is 2.75. The first-order valence-corrected chi connectivity index (χ1v) is 7.69. The third-order valence-corrected chi connectivity index (χ3v) is 3.94. The lowest BCUT2D eigenvalue weighted by molar-refractivity contribution is 0.779. The van der Waals surface area contributed by atoms with Gasteiger partial charge in [0.2, 0.25) is 0 Å². The second-order valence-electron chi connectivity index (χ2n) is 5.27. The van der Waals surface area contributed by atoms with Crippen LogP contribution in [0.15, 0.2) is 66.0 Å². The molecule has 0 aromatic carbocycles. The maximum Gasteiger partial charge on any atom is 0.354 e. The zero-order valence-electron chi connectivity index (χ0n) is 12.5. The summed E-state index contributed by atoms with van der Waals surface area (Å²) in [7, 11) is 0. The van der Waals surface area contributed by atoms with Gasteiger partial charge in [-0.05, 0) is 35.9 Å². The van der Waals surface area contributed by atoms with E-state index in [-0.39, 0.29) is 5.69 Å². The maximum atomic E-state index is 12.4. The molecule has 0 fully saturated rings. The van der Waals surface area contributed by atoms with Crippen LogP contribution in [0.5, 0.6) is 0 Å². The molecule has 0 aliphatic carbocycles. The van der Waals surface area contributed by atoms with Gasteiger partial charge in [-0.2, -0.15) is 4.98 Å². The summed E-state index contributed by atoms with van der Waals surface area (Å²) in [5.41, 5.74) is 2.15. The van der Waals surface area contributed by atoms with Gasteiger partial charge in [-0.3, -0.25) is 9.55 Å². The summed E-state index contributed by atoms with van der Waals surface area (Å²) in [6.45, 7) is 0.550. The van der Waals surface area contributed by atoms with E-state index in [1.807, 2.05) is 29.0 Å². The third kappa shape index (κ3) is 2.57. The molecule has 6 nitrogen and oxygen atoms in total. The Bertz CT molecular complexity index is 1010. The Labute approximate surface area is 142 Å². The Hall–Kier alpha value is -2.99. The summed E-state index contributed by atoms with van der Waals surface area (Å²) < 4.78 is 3.49. The van der Waals surface area contributed by atoms with E-state index in [2.05, 4.69) is 15.0 Å². The van der Waals surface area contributed by atoms with Crippen LogP contribution < -0.4 is 5.69 Å². The fourth-order valence-electron chi connectivity index (χ4n) is 2.64. The highest BCUT2D eigenvalue weighted by atomic mass is 35.5. The van der Waals surface area contributed by atoms with Crippen molar-refractivity contribution >= 4 is 11.6 Å². The lowest BCUT2D eigenvalue weighted by atomic mass is 10.2. The van der Waals surface area contributed by atoms with Gasteiger partial charge in [-0.15, -0.1) is 0 Å². The van der Waals surface area contributed by atoms with Gasteiger partial charge in [-0.25, -0.2) is 9.78 Å². The predicted molar refractivity (Wildman–Crippen MR) is 90.6 cm³/mol. The molecule has 4 heterocycles. The average molecular weight is 338 g/mol. The first kappa shape index (κ1) is 14.6. The van der Waals surface area contributed by atoms with Gasteiger partial charge in [0.05, 0.1) is 17.9 Å². The molecule has 7 heteroatoms. The van der Waals surface area contributed by atoms with E-state index in [9.17, 15) is 4.79 Å². The minimum atomic E-state index is -0.314. The summed E-state index contributed by atoms with van der Waals surface area (Å²) >= 11 is 5.82. The molecule has 0 amide bonds. The molecule has 0 saturated carbocycles. The number of aromatic nitrogens is 5. The van der Waals surface area contributed by atoms with E-state index in [0.29, 0.717) is 17.5 Å². The average Bonchev–Trinajstić information content (AvgIpc) is 2.95. The molecule has 24 heavy (non-hydrogen) atoms. The zero-order chi connectivity index (χ0) is 16.5. The summed E-state index contributed by atoms with van der Waals surface area (Å²) in [6, 6.07) is 11.0. The minimum Gasteiger partial charge on any atom is -0.327 e. The largest absolute Gasteiger partial charge is 0.354 e. The highest BCUT2D eigenvalue weighted by molar-refractivity contribution is 6.29. The molecular weight excluding hydrogens is 326 g/mol. The van der Waals surface area contributed by atoms with Gasteiger partial charge in [0.1, 0.15) is 5.15 Å². The van der Waals surface area contributed by atoms with Crippen LogP contribution in [0.3, 0.4) is 0 Å². The van der Waals surface area contributed by atoms with Gasteiger partial charge in [0.15, 0.2) is 5.82 Å². The Kier molecular flexibility index (Phi) is 3.59. The molecule has 0 radical (unpaired) electrons. The van der Waals surface area contributed by atoms with Crippen LogP contribution in [-0.4, -0.2) is 24.1 Å². The Morgan fingerprint density at radius 1 is 1.08 bits per heavy atom. The number of hydrogen-bond donors (Lipinski definition) is 0. The molecule has 0 unspecified atom stereocenters. The van der Waals surface area contributed by atoms with E-state index in [0.717, 1.165) is 16.9 Å². The summed E-state index contributed by atoms with van der Waals surface area (Å²) in [5.74, 6) is 0.620. The standard InChI is InChI=1S/C17H12ClN5O/c18-15-4-3-12(10-20-15)11-22-9-1-2-14-16(22)21-17(24)23(14)13-5-7-19-8-6-13/h1-10H,11H2. The van der Waals surface area contributed by atoms with E-state index in [4.69, 9.17) is 11.6 Å². The van der Waals surface area contributed by atoms with Gasteiger partial charge in [0.25, 0.3) is 0 Å². The van der Waals surface area contributed by atoms with Crippen molar-refractivity contribution in [1.29, 1.82) is 0 Å². The van der Waals surface area contributed by atoms with Crippen LogP contribution in [0.1, 0.15) is 5.56 Å². The van der Waals surface area contributed by atoms with Crippen molar-refractivity contribution in [1.82, 2.24) is 24.1 Å². The van der Waals surface area contributed by atoms with Crippen LogP contribution in [0.4, 0.5) is 0 Å². The van der Waals surface area contributed by atoms with Crippen LogP contribution in [0.25, 0.3) is 17.2 Å². The lowest BCUT2D eigenvalue weighted by Crippen LogP contribution is -2.14. The van der Waals surface area contributed by atoms with Crippen molar-refractivity contribution in [2.75, 3.05) is 0 Å². The Morgan fingerprint density at radius 2 is 1.92 bits per heavy atom. The van der Waals surface area contributed by atoms with Crippen molar-refractivity contribution in [3.05, 3.63) is 82.4 Å². The lowest BCUT2D eigenvalue weighted by Gasteiger charge is -2.12. The van der Waals surface area contributed by atoms with Crippen molar-refractivity contribution in [2.24, 2.45) is 0 Å². The normalized spacial score (nSPS) is 11.0. The highest BCUT2D eigenvalue weighted by Gasteiger charge is 2.18. The molecule has 118 valence electrons. The van der Waals surface area contributed by atoms with Crippen molar-refractivity contribution < 1.29 is 0 Å². The topological polar surface area (TPSA) is 65.6 Å². The second-order valence-corrected chi connectivity index (χ2v) is 5.66. The van der Waals surface area contributed by atoms with Crippen LogP contribution in [0, 0.1) is 0 Å². The van der Waals surface area contributed by atoms with Gasteiger partial charge in [-0.1, -0.05) is 17.7 Å². The minimum absolute atomic E-state index is 0.314. The third-order valence-electron chi connectivity index (χ3n) is 3.72. The van der Waals surface area contributed by atoms with Crippen LogP contribution in [0.2, 0.25) is 5.15 Å². The first-order chi connectivity index (χ1) is 11.7. The fraction of sp³-hybridized carbons (Fsp3) is 0.0588. The Balaban J connectivity index is 1.79. The molecule has 0 spiro atoms. The van der Waals surface area contributed by atoms with E-state index < -0.39 is 0 Å². The Morgan fingerprint density at radius 3 is 2.67 bits per heavy atom. The van der Waals surface area contributed by atoms with Crippen molar-refractivity contribution in [3.8, 4) is 17.2 Å². The number of imidazole rings is 1. The van der Waals surface area contributed by atoms with Gasteiger partial charge < -0.3 is 4.57 Å². The molecule has 2 aliphatic rings. The highest BCUT2D eigenvalue weighted by Crippen LogP contribution is 2.22. The molecule has 0 bridgehead atoms. The van der Waals surface area contributed by atoms with Crippen LogP contribution in [-0.2, 0) is 6.54 Å². The number of nitrogens with zero attached hydrogens (tertiary/aromatic N) is 5. The monoisotopic (exact) mass is 337 g/mol. The summed E-state index contributed by atoms with van der Waals surface area (Å²) in [6.07, 6.45) is 6.90. The summed E-state index contributed by atoms with van der Waals surface area (Å²) in [5, 5.41) is 0.450. The maximum absolute atomic E-state index is 12.4. The van der Waals surface area contributed by atoms with E-state index in [1.165, 1.54) is 0 Å². The SMILES string of the molecule is O=c1nc2n(Cc3ccc(Cl)nc3)cccc-2n1-c1ccncc1. The molecule has 2 aromatic heterocycles. The quantitative estimate of drug-likeness (QED) is 0.539. The molecular formula is C17H12ClN5O. The smallest absolute Gasteiger partial charge is 0.327 e. The first-order valence-electron chi connectivity index (χ1n) is 7.31. The van der Waals surface area contributed by atoms with Crippen molar-refractivity contribution in [3.63, 3.8) is 0 Å². The van der Waals surface area contributed by atoms with E-state index >= 15 is 0 Å². The number of halogens is 1. The van der Waals surface area contributed by atoms with Crippen LogP contribution >= 0.6 is 11.6 Å². The van der Waals surface area contributed by atoms with Crippen molar-refractivity contribution in [2.45, 2.75) is 6.54 Å². The number of hydrogen-bond acceptors (Lipinski definition) is 4. The van der Waals surface area contributed by atoms with Gasteiger partial charge >= 0.3 is 5.69 Å². The molecule has 0 atom stereocenters. The second kappa shape index (κ2) is 5.90. The van der Waals surface area contributed by atoms with Gasteiger partial charge in [0, 0.05) is 24.8 Å². The molecule has 0 saturated heterocycles. The van der Waals surface area contributed by atoms with E-state index in [1.54, 1.807) is 41.4 Å². The molecule has 4 rings (SSSR count). The number of rotatable bonds is 3. The molecule has 2 aliphatic heterocycles. The zero-order valence-corrected chi connectivity index (χ0v) is 13.3. The predicted octanol–water partition coefficient (Wildman–Crippen LogP) is 2.63. The molecule has 0 N–H and O–H groups in total. The number of pyridine rings is 3. The number of fused-ring (bicyclic) bond motifs is 1. The summed E-state index contributed by atoms with van der Waals surface area (Å²) in [4.78, 5) is 24.7. The molecule has 2 aromatic rings.